The molecule has 0 aliphatic rings. The Morgan fingerprint density at radius 2 is 2.40 bits per heavy atom. The van der Waals surface area contributed by atoms with Crippen molar-refractivity contribution in [2.24, 2.45) is 0 Å². The van der Waals surface area contributed by atoms with Gasteiger partial charge < -0.3 is 14.4 Å². The molecule has 0 saturated heterocycles. The minimum atomic E-state index is -1.02. The number of hydrogen-bond acceptors (Lipinski definition) is 6. The number of nitrogens with zero attached hydrogens (tertiary/aromatic N) is 1. The van der Waals surface area contributed by atoms with Crippen molar-refractivity contribution in [1.29, 1.82) is 0 Å². The van der Waals surface area contributed by atoms with E-state index in [1.54, 1.807) is 6.92 Å². The lowest BCUT2D eigenvalue weighted by atomic mass is 10.3. The van der Waals surface area contributed by atoms with Crippen LogP contribution in [0.1, 0.15) is 12.6 Å². The van der Waals surface area contributed by atoms with Crippen LogP contribution in [0.4, 0.5) is 0 Å². The molecule has 0 saturated carbocycles. The zero-order valence-electron chi connectivity index (χ0n) is 7.97. The molecule has 0 radical (unpaired) electrons. The van der Waals surface area contributed by atoms with Crippen molar-refractivity contribution in [2.75, 3.05) is 6.61 Å². The summed E-state index contributed by atoms with van der Waals surface area (Å²) in [6.07, 6.45) is 1.96. The fourth-order valence-corrected chi connectivity index (χ4v) is 0.804. The van der Waals surface area contributed by atoms with Gasteiger partial charge in [0.15, 0.2) is 0 Å². The first-order valence-corrected chi connectivity index (χ1v) is 4.17. The maximum absolute atomic E-state index is 11.1. The Hall–Kier alpha value is -2.11. The van der Waals surface area contributed by atoms with E-state index in [0.29, 0.717) is 0 Å². The molecule has 1 rings (SSSR count). The minimum Gasteiger partial charge on any atom is -0.505 e. The molecule has 6 nitrogen and oxygen atoms in total. The van der Waals surface area contributed by atoms with Crippen molar-refractivity contribution < 1.29 is 24.0 Å². The molecule has 80 valence electrons. The summed E-state index contributed by atoms with van der Waals surface area (Å²) in [5, 5.41) is 12.7. The number of esters is 1. The summed E-state index contributed by atoms with van der Waals surface area (Å²) in [6.45, 7) is 1.68. The van der Waals surface area contributed by atoms with Crippen LogP contribution in [0.25, 0.3) is 5.76 Å². The predicted octanol–water partition coefficient (Wildman–Crippen LogP) is 0.706. The average molecular weight is 211 g/mol. The van der Waals surface area contributed by atoms with Gasteiger partial charge in [-0.15, -0.1) is 0 Å². The number of rotatable bonds is 4. The van der Waals surface area contributed by atoms with Gasteiger partial charge in [-0.3, -0.25) is 4.79 Å². The number of aliphatic hydroxyl groups is 1. The van der Waals surface area contributed by atoms with E-state index in [0.717, 1.165) is 6.08 Å². The second-order valence-corrected chi connectivity index (χ2v) is 2.50. The molecule has 0 unspecified atom stereocenters. The second kappa shape index (κ2) is 4.94. The summed E-state index contributed by atoms with van der Waals surface area (Å²) in [6, 6.07) is 1.35. The highest BCUT2D eigenvalue weighted by Gasteiger charge is 2.14. The standard InChI is InChI=1S/C9H9NO5/c1-2-14-9(13)8(12)5-7(11)6-3-4-15-10-6/h3-5,11H,2H2,1H3. The molecule has 1 heterocycles. The van der Waals surface area contributed by atoms with E-state index in [-0.39, 0.29) is 12.3 Å². The van der Waals surface area contributed by atoms with Gasteiger partial charge in [0.25, 0.3) is 5.78 Å². The van der Waals surface area contributed by atoms with Crippen molar-refractivity contribution in [2.45, 2.75) is 6.92 Å². The highest BCUT2D eigenvalue weighted by Crippen LogP contribution is 2.07. The number of ketones is 1. The number of aromatic nitrogens is 1. The quantitative estimate of drug-likeness (QED) is 0.341. The summed E-state index contributed by atoms with van der Waals surface area (Å²) < 4.78 is 8.88. The van der Waals surface area contributed by atoms with Crippen molar-refractivity contribution in [3.05, 3.63) is 24.1 Å². The monoisotopic (exact) mass is 211 g/mol. The zero-order valence-corrected chi connectivity index (χ0v) is 7.97. The maximum atomic E-state index is 11.1. The van der Waals surface area contributed by atoms with E-state index in [4.69, 9.17) is 0 Å². The first kappa shape index (κ1) is 11.0. The third-order valence-corrected chi connectivity index (χ3v) is 1.44. The van der Waals surface area contributed by atoms with Crippen molar-refractivity contribution >= 4 is 17.5 Å². The van der Waals surface area contributed by atoms with Crippen molar-refractivity contribution in [1.82, 2.24) is 5.16 Å². The normalized spacial score (nSPS) is 11.1. The number of aliphatic hydroxyl groups excluding tert-OH is 1. The van der Waals surface area contributed by atoms with Gasteiger partial charge in [-0.05, 0) is 6.92 Å². The van der Waals surface area contributed by atoms with Crippen LogP contribution >= 0.6 is 0 Å². The van der Waals surface area contributed by atoms with Crippen LogP contribution in [-0.2, 0) is 14.3 Å². The highest BCUT2D eigenvalue weighted by atomic mass is 16.5. The van der Waals surface area contributed by atoms with E-state index in [9.17, 15) is 14.7 Å². The summed E-state index contributed by atoms with van der Waals surface area (Å²) in [4.78, 5) is 21.9. The van der Waals surface area contributed by atoms with Gasteiger partial charge >= 0.3 is 5.97 Å². The number of hydrogen-bond donors (Lipinski definition) is 1. The first-order chi connectivity index (χ1) is 7.15. The Bertz CT molecular complexity index is 379. The molecule has 1 aromatic heterocycles. The van der Waals surface area contributed by atoms with Crippen LogP contribution in [0.3, 0.4) is 0 Å². The molecule has 0 aliphatic carbocycles. The molecule has 0 bridgehead atoms. The molecule has 0 amide bonds. The molecule has 6 heteroatoms. The van der Waals surface area contributed by atoms with E-state index < -0.39 is 17.5 Å². The van der Waals surface area contributed by atoms with Crippen LogP contribution < -0.4 is 0 Å². The van der Waals surface area contributed by atoms with Crippen LogP contribution in [0.2, 0.25) is 0 Å². The van der Waals surface area contributed by atoms with Crippen molar-refractivity contribution in [3.63, 3.8) is 0 Å². The SMILES string of the molecule is CCOC(=O)C(=O)C=C(O)c1ccon1. The zero-order chi connectivity index (χ0) is 11.3. The minimum absolute atomic E-state index is 0.0765. The van der Waals surface area contributed by atoms with Gasteiger partial charge in [0.05, 0.1) is 6.61 Å². The van der Waals surface area contributed by atoms with Gasteiger partial charge in [-0.25, -0.2) is 4.79 Å². The Kier molecular flexibility index (Phi) is 3.61. The van der Waals surface area contributed by atoms with Gasteiger partial charge in [0, 0.05) is 12.1 Å². The molecule has 1 N–H and O–H groups in total. The first-order valence-electron chi connectivity index (χ1n) is 4.17. The van der Waals surface area contributed by atoms with Crippen LogP contribution in [0.5, 0.6) is 0 Å². The van der Waals surface area contributed by atoms with E-state index >= 15 is 0 Å². The molecule has 0 aliphatic heterocycles. The highest BCUT2D eigenvalue weighted by molar-refractivity contribution is 6.39. The number of ether oxygens (including phenoxy) is 1. The predicted molar refractivity (Wildman–Crippen MR) is 48.7 cm³/mol. The molecule has 0 fully saturated rings. The van der Waals surface area contributed by atoms with Gasteiger partial charge in [0.2, 0.25) is 0 Å². The fraction of sp³-hybridized carbons (Fsp3) is 0.222. The molecular formula is C9H9NO5. The average Bonchev–Trinajstić information content (AvgIpc) is 2.70. The van der Waals surface area contributed by atoms with Crippen LogP contribution in [0, 0.1) is 0 Å². The third-order valence-electron chi connectivity index (χ3n) is 1.44. The molecular weight excluding hydrogens is 202 g/mol. The van der Waals surface area contributed by atoms with E-state index in [1.165, 1.54) is 12.3 Å². The summed E-state index contributed by atoms with van der Waals surface area (Å²) in [5.74, 6) is -2.41. The number of carbonyl (C=O) groups is 2. The lowest BCUT2D eigenvalue weighted by Gasteiger charge is -1.96. The third kappa shape index (κ3) is 2.94. The Morgan fingerprint density at radius 3 is 2.93 bits per heavy atom. The molecule has 15 heavy (non-hydrogen) atoms. The van der Waals surface area contributed by atoms with E-state index in [2.05, 4.69) is 14.4 Å². The summed E-state index contributed by atoms with van der Waals surface area (Å²) in [7, 11) is 0. The molecule has 0 atom stereocenters. The Balaban J connectivity index is 2.71. The lowest BCUT2D eigenvalue weighted by Crippen LogP contribution is -2.15. The van der Waals surface area contributed by atoms with Gasteiger partial charge in [-0.2, -0.15) is 0 Å². The fourth-order valence-electron chi connectivity index (χ4n) is 0.804. The van der Waals surface area contributed by atoms with Gasteiger partial charge in [-0.1, -0.05) is 5.16 Å². The summed E-state index contributed by atoms with van der Waals surface area (Å²) >= 11 is 0. The van der Waals surface area contributed by atoms with Crippen LogP contribution in [0.15, 0.2) is 22.9 Å². The van der Waals surface area contributed by atoms with Crippen molar-refractivity contribution in [3.8, 4) is 0 Å². The topological polar surface area (TPSA) is 89.6 Å². The maximum Gasteiger partial charge on any atom is 0.379 e. The Morgan fingerprint density at radius 1 is 1.67 bits per heavy atom. The molecule has 0 spiro atoms. The summed E-state index contributed by atoms with van der Waals surface area (Å²) in [5.41, 5.74) is 0.0765. The molecule has 1 aromatic rings. The lowest BCUT2D eigenvalue weighted by molar-refractivity contribution is -0.151. The van der Waals surface area contributed by atoms with Crippen LogP contribution in [-0.4, -0.2) is 28.6 Å². The van der Waals surface area contributed by atoms with Gasteiger partial charge in [0.1, 0.15) is 17.7 Å². The second-order valence-electron chi connectivity index (χ2n) is 2.50. The Labute approximate surface area is 85.1 Å². The molecule has 0 aromatic carbocycles. The smallest absolute Gasteiger partial charge is 0.379 e. The number of carbonyl (C=O) groups excluding carboxylic acids is 2. The largest absolute Gasteiger partial charge is 0.505 e. The van der Waals surface area contributed by atoms with E-state index in [1.807, 2.05) is 0 Å².